The molecule has 2 aromatic rings. The highest BCUT2D eigenvalue weighted by Crippen LogP contribution is 2.29. The smallest absolute Gasteiger partial charge is 0.322 e. The van der Waals surface area contributed by atoms with Crippen LogP contribution in [0.2, 0.25) is 0 Å². The van der Waals surface area contributed by atoms with Gasteiger partial charge in [0, 0.05) is 31.5 Å². The molecule has 3 amide bonds. The first kappa shape index (κ1) is 17.5. The molecule has 3 fully saturated rings. The van der Waals surface area contributed by atoms with Crippen molar-refractivity contribution in [1.82, 2.24) is 14.8 Å². The van der Waals surface area contributed by atoms with E-state index >= 15 is 0 Å². The van der Waals surface area contributed by atoms with Crippen molar-refractivity contribution in [2.24, 2.45) is 5.92 Å². The van der Waals surface area contributed by atoms with Gasteiger partial charge in [0.1, 0.15) is 11.5 Å². The number of amides is 3. The zero-order valence-electron chi connectivity index (χ0n) is 14.8. The lowest BCUT2D eigenvalue weighted by Gasteiger charge is -2.35. The Hall–Kier alpha value is -2.96. The Balaban J connectivity index is 1.48. The summed E-state index contributed by atoms with van der Waals surface area (Å²) in [7, 11) is 0. The molecule has 6 nitrogen and oxygen atoms in total. The van der Waals surface area contributed by atoms with Crippen LogP contribution >= 0.6 is 0 Å². The third-order valence-corrected chi connectivity index (χ3v) is 5.22. The quantitative estimate of drug-likeness (QED) is 0.886. The van der Waals surface area contributed by atoms with Gasteiger partial charge in [0.15, 0.2) is 0 Å². The lowest BCUT2D eigenvalue weighted by atomic mass is 9.95. The van der Waals surface area contributed by atoms with E-state index in [1.165, 1.54) is 12.1 Å². The molecule has 7 heteroatoms. The second-order valence-electron chi connectivity index (χ2n) is 7.12. The van der Waals surface area contributed by atoms with Gasteiger partial charge in [-0.15, -0.1) is 0 Å². The van der Waals surface area contributed by atoms with Crippen LogP contribution in [0.3, 0.4) is 0 Å². The summed E-state index contributed by atoms with van der Waals surface area (Å²) in [4.78, 5) is 33.3. The molecule has 140 valence electrons. The zero-order valence-corrected chi connectivity index (χ0v) is 14.8. The van der Waals surface area contributed by atoms with Crippen LogP contribution in [0.4, 0.5) is 14.9 Å². The van der Waals surface area contributed by atoms with Gasteiger partial charge in [-0.25, -0.2) is 9.18 Å². The number of carbonyl (C=O) groups excluding carboxylic acids is 2. The molecule has 3 aliphatic heterocycles. The lowest BCUT2D eigenvalue weighted by molar-refractivity contribution is 0.0737. The van der Waals surface area contributed by atoms with Crippen LogP contribution in [-0.2, 0) is 0 Å². The van der Waals surface area contributed by atoms with Crippen LogP contribution in [0.1, 0.15) is 23.3 Å². The Morgan fingerprint density at radius 3 is 2.74 bits per heavy atom. The fraction of sp³-hybridized carbons (Fsp3) is 0.350. The van der Waals surface area contributed by atoms with Crippen molar-refractivity contribution in [2.75, 3.05) is 25.0 Å². The Morgan fingerprint density at radius 2 is 1.96 bits per heavy atom. The number of aromatic nitrogens is 1. The number of nitrogens with one attached hydrogen (secondary N) is 1. The minimum absolute atomic E-state index is 0.0510. The monoisotopic (exact) mass is 368 g/mol. The van der Waals surface area contributed by atoms with Gasteiger partial charge in [-0.1, -0.05) is 12.1 Å². The maximum absolute atomic E-state index is 13.4. The van der Waals surface area contributed by atoms with Crippen LogP contribution in [0.15, 0.2) is 48.7 Å². The summed E-state index contributed by atoms with van der Waals surface area (Å²) in [5, 5.41) is 2.77. The predicted octanol–water partition coefficient (Wildman–Crippen LogP) is 2.99. The molecule has 2 bridgehead atoms. The fourth-order valence-electron chi connectivity index (χ4n) is 3.91. The van der Waals surface area contributed by atoms with Crippen LogP contribution in [0, 0.1) is 11.7 Å². The summed E-state index contributed by atoms with van der Waals surface area (Å²) in [6.07, 6.45) is 3.45. The number of hydrogen-bond donors (Lipinski definition) is 1. The Kier molecular flexibility index (Phi) is 4.75. The number of pyridine rings is 1. The first-order chi connectivity index (χ1) is 13.1. The van der Waals surface area contributed by atoms with Crippen molar-refractivity contribution in [3.8, 4) is 0 Å². The van der Waals surface area contributed by atoms with E-state index in [1.54, 1.807) is 46.3 Å². The molecule has 0 aliphatic carbocycles. The molecule has 2 unspecified atom stereocenters. The average Bonchev–Trinajstić information content (AvgIpc) is 3.00. The molecule has 0 saturated carbocycles. The largest absolute Gasteiger partial charge is 0.335 e. The first-order valence-corrected chi connectivity index (χ1v) is 9.13. The van der Waals surface area contributed by atoms with E-state index < -0.39 is 5.82 Å². The van der Waals surface area contributed by atoms with E-state index in [0.29, 0.717) is 31.0 Å². The van der Waals surface area contributed by atoms with Crippen LogP contribution in [0.5, 0.6) is 0 Å². The Bertz CT molecular complexity index is 845. The molecule has 27 heavy (non-hydrogen) atoms. The number of piperidine rings is 1. The van der Waals surface area contributed by atoms with E-state index in [0.717, 1.165) is 12.8 Å². The first-order valence-electron chi connectivity index (χ1n) is 9.13. The van der Waals surface area contributed by atoms with Gasteiger partial charge in [0.2, 0.25) is 0 Å². The van der Waals surface area contributed by atoms with E-state index in [-0.39, 0.29) is 23.9 Å². The van der Waals surface area contributed by atoms with E-state index in [4.69, 9.17) is 0 Å². The maximum Gasteiger partial charge on any atom is 0.322 e. The van der Waals surface area contributed by atoms with Crippen molar-refractivity contribution in [3.05, 3.63) is 60.2 Å². The van der Waals surface area contributed by atoms with Gasteiger partial charge >= 0.3 is 6.03 Å². The molecule has 3 aliphatic rings. The van der Waals surface area contributed by atoms with E-state index in [2.05, 4.69) is 10.3 Å². The molecule has 0 spiro atoms. The zero-order chi connectivity index (χ0) is 18.8. The van der Waals surface area contributed by atoms with Crippen molar-refractivity contribution >= 4 is 17.6 Å². The van der Waals surface area contributed by atoms with Gasteiger partial charge in [-0.2, -0.15) is 0 Å². The summed E-state index contributed by atoms with van der Waals surface area (Å²) < 4.78 is 13.4. The summed E-state index contributed by atoms with van der Waals surface area (Å²) in [5.74, 6) is -0.258. The van der Waals surface area contributed by atoms with Gasteiger partial charge < -0.3 is 15.1 Å². The number of anilines is 1. The average molecular weight is 368 g/mol. The third-order valence-electron chi connectivity index (χ3n) is 5.22. The highest BCUT2D eigenvalue weighted by molar-refractivity contribution is 5.93. The van der Waals surface area contributed by atoms with Gasteiger partial charge in [-0.05, 0) is 49.1 Å². The molecule has 5 rings (SSSR count). The van der Waals surface area contributed by atoms with Crippen LogP contribution < -0.4 is 5.32 Å². The molecule has 4 heterocycles. The van der Waals surface area contributed by atoms with E-state index in [1.807, 2.05) is 0 Å². The summed E-state index contributed by atoms with van der Waals surface area (Å²) in [6, 6.07) is 10.8. The normalized spacial score (nSPS) is 21.7. The number of hydrogen-bond acceptors (Lipinski definition) is 3. The molecular formula is C20H21FN4O2. The number of carbonyl (C=O) groups is 2. The Labute approximate surface area is 157 Å². The molecule has 1 aromatic carbocycles. The van der Waals surface area contributed by atoms with Crippen LogP contribution in [0.25, 0.3) is 0 Å². The fourth-order valence-corrected chi connectivity index (χ4v) is 3.91. The standard InChI is InChI=1S/C20H21FN4O2/c21-15-4-3-5-16(10-15)23-20(27)25-12-14-7-8-17(25)13-24(11-14)19(26)18-6-1-2-9-22-18/h1-6,9-10,14,17H,7-8,11-13H2,(H,23,27). The topological polar surface area (TPSA) is 65.5 Å². The van der Waals surface area contributed by atoms with Crippen molar-refractivity contribution < 1.29 is 14.0 Å². The summed E-state index contributed by atoms with van der Waals surface area (Å²) in [5.41, 5.74) is 0.858. The van der Waals surface area contributed by atoms with Gasteiger partial charge in [0.25, 0.3) is 5.91 Å². The predicted molar refractivity (Wildman–Crippen MR) is 98.8 cm³/mol. The van der Waals surface area contributed by atoms with Crippen molar-refractivity contribution in [3.63, 3.8) is 0 Å². The SMILES string of the molecule is O=C(c1ccccn1)N1CC2CCC(C1)N(C(=O)Nc1cccc(F)c1)C2. The lowest BCUT2D eigenvalue weighted by Crippen LogP contribution is -2.49. The molecule has 3 saturated heterocycles. The Morgan fingerprint density at radius 1 is 1.07 bits per heavy atom. The number of halogens is 1. The number of urea groups is 1. The second-order valence-corrected chi connectivity index (χ2v) is 7.12. The van der Waals surface area contributed by atoms with Crippen LogP contribution in [-0.4, -0.2) is 52.4 Å². The van der Waals surface area contributed by atoms with Crippen molar-refractivity contribution in [2.45, 2.75) is 18.9 Å². The summed E-state index contributed by atoms with van der Waals surface area (Å²) in [6.45, 7) is 1.70. The molecule has 0 radical (unpaired) electrons. The molecule has 1 N–H and O–H groups in total. The molecular weight excluding hydrogens is 347 g/mol. The number of benzene rings is 1. The van der Waals surface area contributed by atoms with Gasteiger partial charge in [-0.3, -0.25) is 9.78 Å². The number of fused-ring (bicyclic) bond motifs is 4. The molecule has 2 atom stereocenters. The van der Waals surface area contributed by atoms with E-state index in [9.17, 15) is 14.0 Å². The maximum atomic E-state index is 13.4. The minimum Gasteiger partial charge on any atom is -0.335 e. The minimum atomic E-state index is -0.391. The highest BCUT2D eigenvalue weighted by atomic mass is 19.1. The second kappa shape index (κ2) is 7.34. The number of rotatable bonds is 2. The third kappa shape index (κ3) is 3.77. The van der Waals surface area contributed by atoms with Gasteiger partial charge in [0.05, 0.1) is 6.04 Å². The summed E-state index contributed by atoms with van der Waals surface area (Å²) >= 11 is 0. The van der Waals surface area contributed by atoms with Crippen molar-refractivity contribution in [1.29, 1.82) is 0 Å². The molecule has 1 aromatic heterocycles. The highest BCUT2D eigenvalue weighted by Gasteiger charge is 2.39. The number of nitrogens with zero attached hydrogens (tertiary/aromatic N) is 3.